The van der Waals surface area contributed by atoms with Crippen LogP contribution in [-0.4, -0.2) is 80.2 Å². The predicted molar refractivity (Wildman–Crippen MR) is 104 cm³/mol. The molecular formula is C17H25ClN4O2S. The van der Waals surface area contributed by atoms with E-state index in [1.807, 2.05) is 39.9 Å². The number of para-hydroxylation sites is 1. The first-order valence-corrected chi connectivity index (χ1v) is 9.33. The Bertz CT molecular complexity index is 610. The molecule has 0 aliphatic carbocycles. The van der Waals surface area contributed by atoms with Crippen molar-refractivity contribution in [2.24, 2.45) is 0 Å². The number of thioether (sulfide) groups is 1. The van der Waals surface area contributed by atoms with Gasteiger partial charge in [-0.05, 0) is 19.2 Å². The van der Waals surface area contributed by atoms with Crippen LogP contribution in [0.2, 0.25) is 0 Å². The van der Waals surface area contributed by atoms with Crippen LogP contribution in [0, 0.1) is 0 Å². The number of amides is 2. The van der Waals surface area contributed by atoms with Gasteiger partial charge in [-0.25, -0.2) is 0 Å². The Balaban J connectivity index is 0.00000225. The highest BCUT2D eigenvalue weighted by molar-refractivity contribution is 7.99. The zero-order valence-corrected chi connectivity index (χ0v) is 16.1. The smallest absolute Gasteiger partial charge is 0.241 e. The fourth-order valence-corrected chi connectivity index (χ4v) is 4.04. The summed E-state index contributed by atoms with van der Waals surface area (Å²) in [5.41, 5.74) is 0.987. The third-order valence-corrected chi connectivity index (χ3v) is 5.35. The van der Waals surface area contributed by atoms with Gasteiger partial charge < -0.3 is 15.1 Å². The zero-order valence-electron chi connectivity index (χ0n) is 14.4. The molecule has 25 heavy (non-hydrogen) atoms. The van der Waals surface area contributed by atoms with Gasteiger partial charge in [-0.3, -0.25) is 14.5 Å². The average molecular weight is 385 g/mol. The second-order valence-corrected chi connectivity index (χ2v) is 7.30. The van der Waals surface area contributed by atoms with E-state index in [1.165, 1.54) is 0 Å². The van der Waals surface area contributed by atoms with Gasteiger partial charge >= 0.3 is 0 Å². The number of hydrogen-bond donors (Lipinski definition) is 1. The normalized spacial score (nSPS) is 17.0. The Hall–Kier alpha value is -1.28. The Morgan fingerprint density at radius 2 is 1.80 bits per heavy atom. The lowest BCUT2D eigenvalue weighted by Gasteiger charge is -2.31. The summed E-state index contributed by atoms with van der Waals surface area (Å²) in [5.74, 6) is 1.06. The summed E-state index contributed by atoms with van der Waals surface area (Å²) < 4.78 is 0. The maximum atomic E-state index is 12.7. The number of benzene rings is 1. The standard InChI is InChI=1S/C17H24N4O2S.ClH/c1-19(12-16(22)20-8-6-18-7-9-20)13-17(23)21-10-11-24-15-5-3-2-4-14(15)21;/h2-5,18H,6-13H2,1H3;1H. The number of anilines is 1. The van der Waals surface area contributed by atoms with E-state index in [9.17, 15) is 9.59 Å². The molecule has 8 heteroatoms. The molecule has 2 aliphatic rings. The minimum absolute atomic E-state index is 0. The molecule has 1 N–H and O–H groups in total. The number of fused-ring (bicyclic) bond motifs is 1. The molecule has 0 saturated carbocycles. The fourth-order valence-electron chi connectivity index (χ4n) is 3.05. The number of rotatable bonds is 4. The van der Waals surface area contributed by atoms with E-state index in [1.54, 1.807) is 11.8 Å². The van der Waals surface area contributed by atoms with E-state index in [4.69, 9.17) is 0 Å². The Morgan fingerprint density at radius 1 is 1.12 bits per heavy atom. The summed E-state index contributed by atoms with van der Waals surface area (Å²) in [7, 11) is 1.84. The molecule has 2 amide bonds. The molecule has 0 unspecified atom stereocenters. The number of carbonyl (C=O) groups is 2. The fraction of sp³-hybridized carbons (Fsp3) is 0.529. The predicted octanol–water partition coefficient (Wildman–Crippen LogP) is 0.911. The molecule has 1 aromatic carbocycles. The van der Waals surface area contributed by atoms with E-state index in [0.717, 1.165) is 49.1 Å². The lowest BCUT2D eigenvalue weighted by Crippen LogP contribution is -2.50. The van der Waals surface area contributed by atoms with Gasteiger partial charge in [0.25, 0.3) is 0 Å². The molecule has 1 aromatic rings. The van der Waals surface area contributed by atoms with Crippen molar-refractivity contribution in [1.29, 1.82) is 0 Å². The number of hydrogen-bond acceptors (Lipinski definition) is 5. The van der Waals surface area contributed by atoms with Crippen LogP contribution < -0.4 is 10.2 Å². The number of piperazine rings is 1. The summed E-state index contributed by atoms with van der Waals surface area (Å²) in [5, 5.41) is 3.24. The second-order valence-electron chi connectivity index (χ2n) is 6.16. The number of nitrogens with zero attached hydrogens (tertiary/aromatic N) is 3. The zero-order chi connectivity index (χ0) is 16.9. The lowest BCUT2D eigenvalue weighted by atomic mass is 10.2. The average Bonchev–Trinajstić information content (AvgIpc) is 2.61. The van der Waals surface area contributed by atoms with Crippen molar-refractivity contribution in [3.63, 3.8) is 0 Å². The first-order chi connectivity index (χ1) is 11.6. The van der Waals surface area contributed by atoms with Gasteiger partial charge in [0.1, 0.15) is 0 Å². The molecule has 0 bridgehead atoms. The highest BCUT2D eigenvalue weighted by Gasteiger charge is 2.24. The van der Waals surface area contributed by atoms with Crippen LogP contribution in [0.15, 0.2) is 29.2 Å². The van der Waals surface area contributed by atoms with E-state index >= 15 is 0 Å². The highest BCUT2D eigenvalue weighted by atomic mass is 35.5. The molecule has 6 nitrogen and oxygen atoms in total. The van der Waals surface area contributed by atoms with Crippen LogP contribution in [-0.2, 0) is 9.59 Å². The molecule has 0 aromatic heterocycles. The second kappa shape index (κ2) is 9.43. The van der Waals surface area contributed by atoms with Crippen LogP contribution >= 0.6 is 24.2 Å². The van der Waals surface area contributed by atoms with Crippen molar-refractivity contribution < 1.29 is 9.59 Å². The van der Waals surface area contributed by atoms with Crippen molar-refractivity contribution in [2.45, 2.75) is 4.90 Å². The van der Waals surface area contributed by atoms with Gasteiger partial charge in [-0.2, -0.15) is 0 Å². The molecule has 0 radical (unpaired) electrons. The van der Waals surface area contributed by atoms with Crippen molar-refractivity contribution in [2.75, 3.05) is 63.5 Å². The quantitative estimate of drug-likeness (QED) is 0.836. The number of halogens is 1. The summed E-state index contributed by atoms with van der Waals surface area (Å²) in [4.78, 5) is 31.6. The molecule has 2 aliphatic heterocycles. The first kappa shape index (κ1) is 20.0. The van der Waals surface area contributed by atoms with Gasteiger partial charge in [-0.15, -0.1) is 24.2 Å². The Kier molecular flexibility index (Phi) is 7.56. The number of likely N-dealkylation sites (N-methyl/N-ethyl adjacent to an activating group) is 1. The summed E-state index contributed by atoms with van der Waals surface area (Å²) in [6, 6.07) is 8.00. The topological polar surface area (TPSA) is 55.9 Å². The van der Waals surface area contributed by atoms with E-state index in [2.05, 4.69) is 11.4 Å². The highest BCUT2D eigenvalue weighted by Crippen LogP contribution is 2.34. The van der Waals surface area contributed by atoms with E-state index < -0.39 is 0 Å². The van der Waals surface area contributed by atoms with Crippen molar-refractivity contribution in [3.8, 4) is 0 Å². The monoisotopic (exact) mass is 384 g/mol. The van der Waals surface area contributed by atoms with Gasteiger partial charge in [0.05, 0.1) is 18.8 Å². The van der Waals surface area contributed by atoms with Crippen molar-refractivity contribution >= 4 is 41.7 Å². The minimum Gasteiger partial charge on any atom is -0.339 e. The number of carbonyl (C=O) groups excluding carboxylic acids is 2. The van der Waals surface area contributed by atoms with Crippen LogP contribution in [0.1, 0.15) is 0 Å². The Morgan fingerprint density at radius 3 is 2.56 bits per heavy atom. The van der Waals surface area contributed by atoms with Crippen molar-refractivity contribution in [3.05, 3.63) is 24.3 Å². The first-order valence-electron chi connectivity index (χ1n) is 8.34. The summed E-state index contributed by atoms with van der Waals surface area (Å²) >= 11 is 1.78. The molecule has 2 heterocycles. The molecule has 1 saturated heterocycles. The van der Waals surface area contributed by atoms with Crippen LogP contribution in [0.25, 0.3) is 0 Å². The maximum absolute atomic E-state index is 12.7. The third kappa shape index (κ3) is 5.10. The third-order valence-electron chi connectivity index (χ3n) is 4.31. The van der Waals surface area contributed by atoms with E-state index in [0.29, 0.717) is 0 Å². The van der Waals surface area contributed by atoms with Crippen LogP contribution in [0.5, 0.6) is 0 Å². The SMILES string of the molecule is CN(CC(=O)N1CCNCC1)CC(=O)N1CCSc2ccccc21.Cl. The van der Waals surface area contributed by atoms with Gasteiger partial charge in [0.2, 0.25) is 11.8 Å². The minimum atomic E-state index is 0. The lowest BCUT2D eigenvalue weighted by molar-refractivity contribution is -0.133. The maximum Gasteiger partial charge on any atom is 0.241 e. The molecule has 0 spiro atoms. The molecule has 138 valence electrons. The van der Waals surface area contributed by atoms with Crippen LogP contribution in [0.4, 0.5) is 5.69 Å². The molecule has 0 atom stereocenters. The van der Waals surface area contributed by atoms with E-state index in [-0.39, 0.29) is 37.3 Å². The number of nitrogens with one attached hydrogen (secondary N) is 1. The molecule has 3 rings (SSSR count). The van der Waals surface area contributed by atoms with Gasteiger partial charge in [-0.1, -0.05) is 12.1 Å². The summed E-state index contributed by atoms with van der Waals surface area (Å²) in [6.07, 6.45) is 0. The van der Waals surface area contributed by atoms with Crippen LogP contribution in [0.3, 0.4) is 0 Å². The summed E-state index contributed by atoms with van der Waals surface area (Å²) in [6.45, 7) is 4.45. The molecule has 1 fully saturated rings. The van der Waals surface area contributed by atoms with Crippen molar-refractivity contribution in [1.82, 2.24) is 15.1 Å². The Labute approximate surface area is 159 Å². The van der Waals surface area contributed by atoms with Gasteiger partial charge in [0, 0.05) is 43.4 Å². The van der Waals surface area contributed by atoms with Gasteiger partial charge in [0.15, 0.2) is 0 Å². The largest absolute Gasteiger partial charge is 0.339 e. The molecular weight excluding hydrogens is 360 g/mol.